The van der Waals surface area contributed by atoms with Gasteiger partial charge in [0.2, 0.25) is 0 Å². The highest BCUT2D eigenvalue weighted by Gasteiger charge is 2.23. The van der Waals surface area contributed by atoms with Gasteiger partial charge in [0.25, 0.3) is 0 Å². The van der Waals surface area contributed by atoms with Crippen LogP contribution in [-0.4, -0.2) is 0 Å². The Morgan fingerprint density at radius 1 is 1.18 bits per heavy atom. The summed E-state index contributed by atoms with van der Waals surface area (Å²) >= 11 is 0. The summed E-state index contributed by atoms with van der Waals surface area (Å²) in [5.41, 5.74) is 2.61. The standard InChI is InChI=1S/C15H16O2/c1-10-12-8-4-5-9-13(12)17-15(16)14(10)11-6-2-3-7-11/h4-5,8-9,11H,2-3,6-7H2,1H3. The summed E-state index contributed by atoms with van der Waals surface area (Å²) < 4.78 is 5.43. The average molecular weight is 228 g/mol. The monoisotopic (exact) mass is 228 g/mol. The fourth-order valence-electron chi connectivity index (χ4n) is 3.01. The molecule has 0 atom stereocenters. The maximum absolute atomic E-state index is 12.1. The smallest absolute Gasteiger partial charge is 0.340 e. The van der Waals surface area contributed by atoms with Crippen LogP contribution in [0.3, 0.4) is 0 Å². The molecule has 1 aliphatic rings. The number of hydrogen-bond donors (Lipinski definition) is 0. The molecule has 1 heterocycles. The molecule has 1 aliphatic carbocycles. The zero-order valence-electron chi connectivity index (χ0n) is 10.0. The van der Waals surface area contributed by atoms with E-state index in [1.54, 1.807) is 0 Å². The number of fused-ring (bicyclic) bond motifs is 1. The fraction of sp³-hybridized carbons (Fsp3) is 0.400. The Bertz CT molecular complexity index is 604. The summed E-state index contributed by atoms with van der Waals surface area (Å²) in [7, 11) is 0. The molecule has 2 heteroatoms. The molecule has 0 spiro atoms. The van der Waals surface area contributed by atoms with E-state index in [1.165, 1.54) is 12.8 Å². The van der Waals surface area contributed by atoms with E-state index in [2.05, 4.69) is 0 Å². The van der Waals surface area contributed by atoms with E-state index in [0.717, 1.165) is 29.4 Å². The van der Waals surface area contributed by atoms with Crippen LogP contribution < -0.4 is 5.63 Å². The topological polar surface area (TPSA) is 30.2 Å². The molecule has 88 valence electrons. The van der Waals surface area contributed by atoms with Crippen molar-refractivity contribution < 1.29 is 4.42 Å². The molecule has 0 unspecified atom stereocenters. The Morgan fingerprint density at radius 2 is 1.88 bits per heavy atom. The van der Waals surface area contributed by atoms with Gasteiger partial charge in [0.15, 0.2) is 0 Å². The number of benzene rings is 1. The van der Waals surface area contributed by atoms with Crippen LogP contribution >= 0.6 is 0 Å². The second kappa shape index (κ2) is 4.02. The number of aryl methyl sites for hydroxylation is 1. The molecule has 0 aliphatic heterocycles. The van der Waals surface area contributed by atoms with Gasteiger partial charge in [0.05, 0.1) is 0 Å². The lowest BCUT2D eigenvalue weighted by Gasteiger charge is -2.12. The molecule has 0 N–H and O–H groups in total. The lowest BCUT2D eigenvalue weighted by atomic mass is 9.93. The van der Waals surface area contributed by atoms with Gasteiger partial charge >= 0.3 is 5.63 Å². The molecule has 2 aromatic rings. The molecule has 0 bridgehead atoms. The van der Waals surface area contributed by atoms with Crippen molar-refractivity contribution in [2.24, 2.45) is 0 Å². The predicted octanol–water partition coefficient (Wildman–Crippen LogP) is 3.76. The molecule has 17 heavy (non-hydrogen) atoms. The van der Waals surface area contributed by atoms with Gasteiger partial charge in [-0.05, 0) is 37.3 Å². The molecule has 1 saturated carbocycles. The maximum Gasteiger partial charge on any atom is 0.340 e. The third-order valence-electron chi connectivity index (χ3n) is 3.88. The summed E-state index contributed by atoms with van der Waals surface area (Å²) in [6.45, 7) is 2.05. The first-order valence-electron chi connectivity index (χ1n) is 6.29. The van der Waals surface area contributed by atoms with Gasteiger partial charge in [-0.25, -0.2) is 4.79 Å². The van der Waals surface area contributed by atoms with Crippen molar-refractivity contribution in [3.05, 3.63) is 45.8 Å². The van der Waals surface area contributed by atoms with Crippen LogP contribution in [0.2, 0.25) is 0 Å². The van der Waals surface area contributed by atoms with E-state index >= 15 is 0 Å². The average Bonchev–Trinajstić information content (AvgIpc) is 2.83. The molecule has 1 aromatic heterocycles. The predicted molar refractivity (Wildman–Crippen MR) is 68.4 cm³/mol. The summed E-state index contributed by atoms with van der Waals surface area (Å²) in [5.74, 6) is 0.413. The SMILES string of the molecule is Cc1c(C2CCCC2)c(=O)oc2ccccc12. The first kappa shape index (κ1) is 10.6. The lowest BCUT2D eigenvalue weighted by molar-refractivity contribution is 0.533. The van der Waals surface area contributed by atoms with Crippen molar-refractivity contribution in [2.75, 3.05) is 0 Å². The Labute approximate surface area is 100 Å². The summed E-state index contributed by atoms with van der Waals surface area (Å²) in [6, 6.07) is 7.79. The number of hydrogen-bond acceptors (Lipinski definition) is 2. The highest BCUT2D eigenvalue weighted by atomic mass is 16.4. The Balaban J connectivity index is 2.27. The minimum atomic E-state index is -0.131. The molecular weight excluding hydrogens is 212 g/mol. The minimum absolute atomic E-state index is 0.131. The number of rotatable bonds is 1. The fourth-order valence-corrected chi connectivity index (χ4v) is 3.01. The van der Waals surface area contributed by atoms with Crippen LogP contribution in [0, 0.1) is 6.92 Å². The van der Waals surface area contributed by atoms with Gasteiger partial charge in [0.1, 0.15) is 5.58 Å². The van der Waals surface area contributed by atoms with Crippen molar-refractivity contribution in [1.29, 1.82) is 0 Å². The molecule has 1 fully saturated rings. The highest BCUT2D eigenvalue weighted by molar-refractivity contribution is 5.81. The van der Waals surface area contributed by atoms with Gasteiger partial charge in [-0.1, -0.05) is 31.0 Å². The van der Waals surface area contributed by atoms with Crippen molar-refractivity contribution in [2.45, 2.75) is 38.5 Å². The Morgan fingerprint density at radius 3 is 2.65 bits per heavy atom. The summed E-state index contributed by atoms with van der Waals surface area (Å²) in [6.07, 6.45) is 4.72. The first-order valence-corrected chi connectivity index (χ1v) is 6.29. The zero-order valence-corrected chi connectivity index (χ0v) is 10.0. The Kier molecular flexibility index (Phi) is 2.50. The lowest BCUT2D eigenvalue weighted by Crippen LogP contribution is -2.13. The van der Waals surface area contributed by atoms with E-state index in [9.17, 15) is 4.79 Å². The van der Waals surface area contributed by atoms with E-state index in [0.29, 0.717) is 11.5 Å². The Hall–Kier alpha value is -1.57. The van der Waals surface area contributed by atoms with Gasteiger partial charge in [-0.3, -0.25) is 0 Å². The van der Waals surface area contributed by atoms with Crippen LogP contribution in [0.25, 0.3) is 11.0 Å². The van der Waals surface area contributed by atoms with E-state index < -0.39 is 0 Å². The molecule has 3 rings (SSSR count). The molecule has 0 radical (unpaired) electrons. The van der Waals surface area contributed by atoms with Crippen molar-refractivity contribution in [3.8, 4) is 0 Å². The molecule has 1 aromatic carbocycles. The second-order valence-corrected chi connectivity index (χ2v) is 4.91. The normalized spacial score (nSPS) is 16.8. The molecule has 0 amide bonds. The van der Waals surface area contributed by atoms with Crippen molar-refractivity contribution >= 4 is 11.0 Å². The van der Waals surface area contributed by atoms with E-state index in [1.807, 2.05) is 31.2 Å². The summed E-state index contributed by atoms with van der Waals surface area (Å²) in [4.78, 5) is 12.1. The van der Waals surface area contributed by atoms with Crippen LogP contribution in [0.15, 0.2) is 33.5 Å². The van der Waals surface area contributed by atoms with Gasteiger partial charge in [0, 0.05) is 10.9 Å². The van der Waals surface area contributed by atoms with Crippen LogP contribution in [0.4, 0.5) is 0 Å². The van der Waals surface area contributed by atoms with Crippen LogP contribution in [0.5, 0.6) is 0 Å². The van der Waals surface area contributed by atoms with Crippen LogP contribution in [-0.2, 0) is 0 Å². The highest BCUT2D eigenvalue weighted by Crippen LogP contribution is 2.35. The molecule has 0 saturated heterocycles. The van der Waals surface area contributed by atoms with Gasteiger partial charge in [-0.15, -0.1) is 0 Å². The zero-order chi connectivity index (χ0) is 11.8. The second-order valence-electron chi connectivity index (χ2n) is 4.91. The van der Waals surface area contributed by atoms with E-state index in [4.69, 9.17) is 4.42 Å². The van der Waals surface area contributed by atoms with E-state index in [-0.39, 0.29) is 5.63 Å². The van der Waals surface area contributed by atoms with Crippen LogP contribution in [0.1, 0.15) is 42.7 Å². The minimum Gasteiger partial charge on any atom is -0.423 e. The number of para-hydroxylation sites is 1. The largest absolute Gasteiger partial charge is 0.423 e. The maximum atomic E-state index is 12.1. The first-order chi connectivity index (χ1) is 8.27. The molecule has 2 nitrogen and oxygen atoms in total. The van der Waals surface area contributed by atoms with Gasteiger partial charge < -0.3 is 4.42 Å². The van der Waals surface area contributed by atoms with Crippen molar-refractivity contribution in [1.82, 2.24) is 0 Å². The van der Waals surface area contributed by atoms with Gasteiger partial charge in [-0.2, -0.15) is 0 Å². The molecular formula is C15H16O2. The third kappa shape index (κ3) is 1.68. The quantitative estimate of drug-likeness (QED) is 0.696. The van der Waals surface area contributed by atoms with Crippen molar-refractivity contribution in [3.63, 3.8) is 0 Å². The third-order valence-corrected chi connectivity index (χ3v) is 3.88. The summed E-state index contributed by atoms with van der Waals surface area (Å²) in [5, 5.41) is 1.08.